The average molecular weight is 406 g/mol. The second kappa shape index (κ2) is 12.0. The lowest BCUT2D eigenvalue weighted by atomic mass is 10.1. The molecule has 1 heterocycles. The van der Waals surface area contributed by atoms with Crippen LogP contribution in [0.4, 0.5) is 0 Å². The maximum absolute atomic E-state index is 6.14. The minimum absolute atomic E-state index is 0.236. The first-order valence-corrected chi connectivity index (χ1v) is 10.8. The average Bonchev–Trinajstić information content (AvgIpc) is 3.15. The summed E-state index contributed by atoms with van der Waals surface area (Å²) in [5.74, 6) is 2.29. The topological polar surface area (TPSA) is 64.1 Å². The van der Waals surface area contributed by atoms with E-state index in [4.69, 9.17) is 19.2 Å². The Morgan fingerprint density at radius 3 is 2.79 bits per heavy atom. The Bertz CT molecular complexity index is 635. The second-order valence-electron chi connectivity index (χ2n) is 8.61. The van der Waals surface area contributed by atoms with E-state index in [2.05, 4.69) is 63.5 Å². The van der Waals surface area contributed by atoms with Gasteiger partial charge in [0.15, 0.2) is 5.96 Å². The number of aliphatic imine (C=N–C) groups is 1. The molecule has 6 nitrogen and oxygen atoms in total. The van der Waals surface area contributed by atoms with Crippen molar-refractivity contribution in [2.75, 3.05) is 39.5 Å². The van der Waals surface area contributed by atoms with Crippen LogP contribution >= 0.6 is 0 Å². The molecule has 0 saturated carbocycles. The summed E-state index contributed by atoms with van der Waals surface area (Å²) in [7, 11) is 0. The third kappa shape index (κ3) is 9.50. The van der Waals surface area contributed by atoms with Gasteiger partial charge in [-0.25, -0.2) is 4.99 Å². The number of aryl methyl sites for hydroxylation is 1. The summed E-state index contributed by atoms with van der Waals surface area (Å²) in [6.45, 7) is 15.8. The highest BCUT2D eigenvalue weighted by molar-refractivity contribution is 5.79. The summed E-state index contributed by atoms with van der Waals surface area (Å²) in [6.07, 6.45) is 2.07. The van der Waals surface area contributed by atoms with Crippen molar-refractivity contribution in [3.8, 4) is 5.75 Å². The molecule has 1 aromatic carbocycles. The molecular weight excluding hydrogens is 366 g/mol. The molecule has 6 heteroatoms. The van der Waals surface area contributed by atoms with Gasteiger partial charge in [0, 0.05) is 37.8 Å². The molecular formula is C23H39N3O3. The zero-order valence-corrected chi connectivity index (χ0v) is 18.8. The highest BCUT2D eigenvalue weighted by Gasteiger charge is 2.16. The van der Waals surface area contributed by atoms with Crippen LogP contribution in [-0.4, -0.2) is 51.1 Å². The molecule has 2 rings (SSSR count). The fraction of sp³-hybridized carbons (Fsp3) is 0.696. The predicted molar refractivity (Wildman–Crippen MR) is 119 cm³/mol. The van der Waals surface area contributed by atoms with Crippen molar-refractivity contribution in [2.24, 2.45) is 10.9 Å². The zero-order chi connectivity index (χ0) is 21.1. The van der Waals surface area contributed by atoms with Gasteiger partial charge in [0.05, 0.1) is 19.8 Å². The Hall–Kier alpha value is -1.79. The molecule has 0 radical (unpaired) electrons. The molecule has 0 bridgehead atoms. The quantitative estimate of drug-likeness (QED) is 0.353. The number of rotatable bonds is 10. The molecule has 1 aliphatic heterocycles. The lowest BCUT2D eigenvalue weighted by molar-refractivity contribution is 0.0888. The van der Waals surface area contributed by atoms with E-state index in [1.807, 2.05) is 0 Å². The first-order chi connectivity index (χ1) is 13.9. The number of hydrogen-bond donors (Lipinski definition) is 2. The van der Waals surface area contributed by atoms with Gasteiger partial charge in [-0.15, -0.1) is 0 Å². The molecule has 0 aromatic heterocycles. The fourth-order valence-corrected chi connectivity index (χ4v) is 3.07. The van der Waals surface area contributed by atoms with Gasteiger partial charge < -0.3 is 24.8 Å². The Labute approximate surface area is 176 Å². The van der Waals surface area contributed by atoms with Gasteiger partial charge in [-0.2, -0.15) is 0 Å². The Morgan fingerprint density at radius 2 is 2.10 bits per heavy atom. The lowest BCUT2D eigenvalue weighted by Gasteiger charge is -2.23. The van der Waals surface area contributed by atoms with E-state index < -0.39 is 0 Å². The smallest absolute Gasteiger partial charge is 0.191 e. The van der Waals surface area contributed by atoms with Gasteiger partial charge in [0.1, 0.15) is 11.4 Å². The molecule has 0 amide bonds. The largest absolute Gasteiger partial charge is 0.488 e. The van der Waals surface area contributed by atoms with Crippen molar-refractivity contribution < 1.29 is 14.2 Å². The van der Waals surface area contributed by atoms with E-state index in [9.17, 15) is 0 Å². The van der Waals surface area contributed by atoms with E-state index >= 15 is 0 Å². The lowest BCUT2D eigenvalue weighted by Crippen LogP contribution is -2.38. The van der Waals surface area contributed by atoms with Gasteiger partial charge in [-0.1, -0.05) is 12.1 Å². The minimum atomic E-state index is -0.236. The van der Waals surface area contributed by atoms with E-state index in [0.29, 0.717) is 12.5 Å². The highest BCUT2D eigenvalue weighted by Crippen LogP contribution is 2.25. The predicted octanol–water partition coefficient (Wildman–Crippen LogP) is 3.67. The molecule has 29 heavy (non-hydrogen) atoms. The van der Waals surface area contributed by atoms with Crippen LogP contribution in [0.3, 0.4) is 0 Å². The van der Waals surface area contributed by atoms with Crippen molar-refractivity contribution in [3.05, 3.63) is 29.3 Å². The number of nitrogens with zero attached hydrogens (tertiary/aromatic N) is 1. The molecule has 164 valence electrons. The molecule has 1 aromatic rings. The molecule has 1 unspecified atom stereocenters. The second-order valence-corrected chi connectivity index (χ2v) is 8.61. The number of benzene rings is 1. The van der Waals surface area contributed by atoms with Crippen LogP contribution < -0.4 is 15.4 Å². The Morgan fingerprint density at radius 1 is 1.28 bits per heavy atom. The Balaban J connectivity index is 1.81. The first kappa shape index (κ1) is 23.5. The molecule has 1 saturated heterocycles. The highest BCUT2D eigenvalue weighted by atomic mass is 16.5. The van der Waals surface area contributed by atoms with Gasteiger partial charge >= 0.3 is 0 Å². The third-order valence-electron chi connectivity index (χ3n) is 4.53. The van der Waals surface area contributed by atoms with Gasteiger partial charge in [0.25, 0.3) is 0 Å². The van der Waals surface area contributed by atoms with E-state index in [0.717, 1.165) is 69.6 Å². The Kier molecular flexibility index (Phi) is 9.74. The first-order valence-electron chi connectivity index (χ1n) is 10.8. The summed E-state index contributed by atoms with van der Waals surface area (Å²) >= 11 is 0. The SMILES string of the molecule is CCNC(=NCc1ccc(C)cc1OC(C)(C)C)NCCCOCC1CCOC1. The van der Waals surface area contributed by atoms with Crippen LogP contribution in [0.2, 0.25) is 0 Å². The van der Waals surface area contributed by atoms with Crippen molar-refractivity contribution in [1.82, 2.24) is 10.6 Å². The number of ether oxygens (including phenoxy) is 3. The van der Waals surface area contributed by atoms with Crippen LogP contribution in [0.5, 0.6) is 5.75 Å². The maximum atomic E-state index is 6.14. The summed E-state index contributed by atoms with van der Waals surface area (Å²) in [6, 6.07) is 6.29. The molecule has 0 spiro atoms. The van der Waals surface area contributed by atoms with Crippen molar-refractivity contribution in [1.29, 1.82) is 0 Å². The summed E-state index contributed by atoms with van der Waals surface area (Å²) < 4.78 is 17.3. The van der Waals surface area contributed by atoms with Crippen molar-refractivity contribution in [3.63, 3.8) is 0 Å². The van der Waals surface area contributed by atoms with Crippen LogP contribution in [-0.2, 0) is 16.0 Å². The zero-order valence-electron chi connectivity index (χ0n) is 18.8. The van der Waals surface area contributed by atoms with E-state index in [1.54, 1.807) is 0 Å². The van der Waals surface area contributed by atoms with Crippen LogP contribution in [0.25, 0.3) is 0 Å². The third-order valence-corrected chi connectivity index (χ3v) is 4.53. The van der Waals surface area contributed by atoms with Crippen LogP contribution in [0.15, 0.2) is 23.2 Å². The van der Waals surface area contributed by atoms with Gasteiger partial charge in [-0.05, 0) is 59.1 Å². The van der Waals surface area contributed by atoms with Gasteiger partial charge in [0.2, 0.25) is 0 Å². The van der Waals surface area contributed by atoms with E-state index in [1.165, 1.54) is 5.56 Å². The van der Waals surface area contributed by atoms with Crippen molar-refractivity contribution >= 4 is 5.96 Å². The molecule has 2 N–H and O–H groups in total. The van der Waals surface area contributed by atoms with E-state index in [-0.39, 0.29) is 5.60 Å². The maximum Gasteiger partial charge on any atom is 0.191 e. The molecule has 1 aliphatic rings. The normalized spacial score (nSPS) is 17.4. The standard InChI is InChI=1S/C23H39N3O3/c1-6-24-22(25-11-7-12-27-16-19-10-13-28-17-19)26-15-20-9-8-18(2)14-21(20)29-23(3,4)5/h8-9,14,19H,6-7,10-13,15-17H2,1-5H3,(H2,24,25,26). The van der Waals surface area contributed by atoms with Crippen LogP contribution in [0.1, 0.15) is 51.7 Å². The monoisotopic (exact) mass is 405 g/mol. The minimum Gasteiger partial charge on any atom is -0.488 e. The van der Waals surface area contributed by atoms with Gasteiger partial charge in [-0.3, -0.25) is 0 Å². The van der Waals surface area contributed by atoms with Crippen molar-refractivity contribution in [2.45, 2.75) is 59.6 Å². The molecule has 0 aliphatic carbocycles. The number of guanidine groups is 1. The van der Waals surface area contributed by atoms with Crippen LogP contribution in [0, 0.1) is 12.8 Å². The summed E-state index contributed by atoms with van der Waals surface area (Å²) in [5.41, 5.74) is 2.04. The fourth-order valence-electron chi connectivity index (χ4n) is 3.07. The number of nitrogens with one attached hydrogen (secondary N) is 2. The summed E-state index contributed by atoms with van der Waals surface area (Å²) in [5, 5.41) is 6.70. The number of hydrogen-bond acceptors (Lipinski definition) is 4. The molecule has 1 fully saturated rings. The molecule has 1 atom stereocenters. The summed E-state index contributed by atoms with van der Waals surface area (Å²) in [4.78, 5) is 4.74.